The van der Waals surface area contributed by atoms with Gasteiger partial charge in [0.25, 0.3) is 0 Å². The average Bonchev–Trinajstić information content (AvgIpc) is 2.25. The lowest BCUT2D eigenvalue weighted by Crippen LogP contribution is -2.69. The first-order valence-electron chi connectivity index (χ1n) is 6.09. The van der Waals surface area contributed by atoms with Gasteiger partial charge < -0.3 is 10.1 Å². The lowest BCUT2D eigenvalue weighted by atomic mass is 9.62. The zero-order valence-corrected chi connectivity index (χ0v) is 10.2. The van der Waals surface area contributed by atoms with Crippen molar-refractivity contribution in [3.8, 4) is 0 Å². The van der Waals surface area contributed by atoms with Gasteiger partial charge in [-0.25, -0.2) is 0 Å². The molecule has 7 nitrogen and oxygen atoms in total. The molecule has 18 heavy (non-hydrogen) atoms. The topological polar surface area (TPSA) is 98.5 Å². The fraction of sp³-hybridized carbons (Fsp3) is 0.818. The average molecular weight is 256 g/mol. The third-order valence-electron chi connectivity index (χ3n) is 3.77. The van der Waals surface area contributed by atoms with Crippen LogP contribution in [0.3, 0.4) is 0 Å². The Morgan fingerprint density at radius 1 is 1.61 bits per heavy atom. The standard InChI is InChI=1S/C11H16N2O5/c1-2-18-10(15)7-5-11(6-7)8(13(16)17)3-4-9(14)12-11/h7-8H,2-6H2,1H3,(H,12,14)/t7?,8-,11?/m0/s1. The Morgan fingerprint density at radius 3 is 2.83 bits per heavy atom. The molecule has 2 fully saturated rings. The number of nitrogens with one attached hydrogen (secondary N) is 1. The number of carbonyl (C=O) groups excluding carboxylic acids is 2. The van der Waals surface area contributed by atoms with Crippen molar-refractivity contribution in [2.75, 3.05) is 6.61 Å². The molecule has 0 radical (unpaired) electrons. The number of hydrogen-bond donors (Lipinski definition) is 1. The molecule has 0 aromatic carbocycles. The molecule has 1 saturated carbocycles. The monoisotopic (exact) mass is 256 g/mol. The molecule has 0 aromatic rings. The molecule has 1 aliphatic heterocycles. The number of ether oxygens (including phenoxy) is 1. The molecule has 0 aromatic heterocycles. The number of esters is 1. The van der Waals surface area contributed by atoms with Crippen LogP contribution in [0, 0.1) is 16.0 Å². The van der Waals surface area contributed by atoms with Crippen molar-refractivity contribution >= 4 is 11.9 Å². The predicted molar refractivity (Wildman–Crippen MR) is 60.2 cm³/mol. The minimum Gasteiger partial charge on any atom is -0.466 e. The quantitative estimate of drug-likeness (QED) is 0.443. The van der Waals surface area contributed by atoms with Crippen molar-refractivity contribution in [3.63, 3.8) is 0 Å². The smallest absolute Gasteiger partial charge is 0.309 e. The molecular formula is C11H16N2O5. The van der Waals surface area contributed by atoms with Gasteiger partial charge in [-0.2, -0.15) is 0 Å². The summed E-state index contributed by atoms with van der Waals surface area (Å²) in [4.78, 5) is 33.6. The van der Waals surface area contributed by atoms with Gasteiger partial charge in [-0.1, -0.05) is 0 Å². The van der Waals surface area contributed by atoms with E-state index in [-0.39, 0.29) is 35.6 Å². The molecule has 1 atom stereocenters. The number of carbonyl (C=O) groups is 2. The highest BCUT2D eigenvalue weighted by Crippen LogP contribution is 2.44. The van der Waals surface area contributed by atoms with Gasteiger partial charge in [-0.15, -0.1) is 0 Å². The first-order chi connectivity index (χ1) is 8.48. The van der Waals surface area contributed by atoms with E-state index in [0.29, 0.717) is 19.4 Å². The van der Waals surface area contributed by atoms with Crippen LogP contribution in [0.2, 0.25) is 0 Å². The van der Waals surface area contributed by atoms with E-state index in [1.807, 2.05) is 0 Å². The maximum atomic E-state index is 11.5. The second kappa shape index (κ2) is 4.55. The Labute approximate surface area is 104 Å². The molecule has 1 saturated heterocycles. The van der Waals surface area contributed by atoms with Gasteiger partial charge in [-0.3, -0.25) is 19.7 Å². The summed E-state index contributed by atoms with van der Waals surface area (Å²) in [5.41, 5.74) is -0.837. The number of amides is 1. The molecule has 1 spiro atoms. The third kappa shape index (κ3) is 2.04. The van der Waals surface area contributed by atoms with Crippen LogP contribution in [-0.4, -0.2) is 35.0 Å². The highest BCUT2D eigenvalue weighted by molar-refractivity contribution is 5.80. The van der Waals surface area contributed by atoms with E-state index in [2.05, 4.69) is 5.32 Å². The summed E-state index contributed by atoms with van der Waals surface area (Å²) in [6.07, 6.45) is 1.04. The normalized spacial score (nSPS) is 34.6. The Balaban J connectivity index is 2.04. The minimum absolute atomic E-state index is 0.171. The number of rotatable bonds is 3. The van der Waals surface area contributed by atoms with Crippen molar-refractivity contribution in [1.82, 2.24) is 5.32 Å². The van der Waals surface area contributed by atoms with Crippen LogP contribution in [0.5, 0.6) is 0 Å². The summed E-state index contributed by atoms with van der Waals surface area (Å²) in [6.45, 7) is 2.02. The number of nitrogens with zero attached hydrogens (tertiary/aromatic N) is 1. The summed E-state index contributed by atoms with van der Waals surface area (Å²) in [5, 5.41) is 13.7. The first kappa shape index (κ1) is 12.8. The maximum absolute atomic E-state index is 11.5. The molecule has 7 heteroatoms. The highest BCUT2D eigenvalue weighted by atomic mass is 16.6. The van der Waals surface area contributed by atoms with Crippen LogP contribution in [0.15, 0.2) is 0 Å². The Kier molecular flexibility index (Phi) is 3.23. The van der Waals surface area contributed by atoms with Crippen molar-refractivity contribution < 1.29 is 19.2 Å². The zero-order chi connectivity index (χ0) is 13.3. The van der Waals surface area contributed by atoms with Crippen LogP contribution in [0.25, 0.3) is 0 Å². The maximum Gasteiger partial charge on any atom is 0.309 e. The summed E-state index contributed by atoms with van der Waals surface area (Å²) < 4.78 is 4.88. The van der Waals surface area contributed by atoms with Gasteiger partial charge in [0.15, 0.2) is 0 Å². The molecule has 0 bridgehead atoms. The molecule has 1 heterocycles. The van der Waals surface area contributed by atoms with E-state index in [4.69, 9.17) is 4.74 Å². The molecule has 2 aliphatic rings. The summed E-state index contributed by atoms with van der Waals surface area (Å²) in [6, 6.07) is -0.791. The van der Waals surface area contributed by atoms with Crippen molar-refractivity contribution in [1.29, 1.82) is 0 Å². The predicted octanol–water partition coefficient (Wildman–Crippen LogP) is 0.254. The van der Waals surface area contributed by atoms with E-state index in [1.54, 1.807) is 6.92 Å². The summed E-state index contributed by atoms with van der Waals surface area (Å²) in [7, 11) is 0. The number of hydrogen-bond acceptors (Lipinski definition) is 5. The van der Waals surface area contributed by atoms with Crippen LogP contribution in [0.1, 0.15) is 32.6 Å². The largest absolute Gasteiger partial charge is 0.466 e. The first-order valence-corrected chi connectivity index (χ1v) is 6.09. The van der Waals surface area contributed by atoms with Crippen LogP contribution < -0.4 is 5.32 Å². The van der Waals surface area contributed by atoms with Gasteiger partial charge in [0.1, 0.15) is 5.54 Å². The van der Waals surface area contributed by atoms with Gasteiger partial charge in [0.2, 0.25) is 11.9 Å². The highest BCUT2D eigenvalue weighted by Gasteiger charge is 2.60. The van der Waals surface area contributed by atoms with Gasteiger partial charge in [0, 0.05) is 17.8 Å². The van der Waals surface area contributed by atoms with Crippen molar-refractivity contribution in [2.45, 2.75) is 44.2 Å². The Hall–Kier alpha value is -1.66. The van der Waals surface area contributed by atoms with E-state index in [9.17, 15) is 19.7 Å². The number of nitro groups is 1. The van der Waals surface area contributed by atoms with Gasteiger partial charge in [-0.05, 0) is 19.8 Å². The van der Waals surface area contributed by atoms with E-state index < -0.39 is 11.6 Å². The molecule has 100 valence electrons. The lowest BCUT2D eigenvalue weighted by Gasteiger charge is -2.49. The molecule has 1 aliphatic carbocycles. The molecule has 1 amide bonds. The van der Waals surface area contributed by atoms with Crippen molar-refractivity contribution in [3.05, 3.63) is 10.1 Å². The Bertz CT molecular complexity index is 389. The molecule has 0 unspecified atom stereocenters. The van der Waals surface area contributed by atoms with E-state index >= 15 is 0 Å². The fourth-order valence-corrected chi connectivity index (χ4v) is 2.90. The van der Waals surface area contributed by atoms with E-state index in [1.165, 1.54) is 0 Å². The second-order valence-corrected chi connectivity index (χ2v) is 4.90. The lowest BCUT2D eigenvalue weighted by molar-refractivity contribution is -0.541. The van der Waals surface area contributed by atoms with Crippen LogP contribution >= 0.6 is 0 Å². The number of piperidine rings is 1. The Morgan fingerprint density at radius 2 is 2.28 bits per heavy atom. The van der Waals surface area contributed by atoms with E-state index in [0.717, 1.165) is 0 Å². The molecular weight excluding hydrogens is 240 g/mol. The molecule has 2 rings (SSSR count). The summed E-state index contributed by atoms with van der Waals surface area (Å²) >= 11 is 0. The molecule has 1 N–H and O–H groups in total. The van der Waals surface area contributed by atoms with Gasteiger partial charge >= 0.3 is 5.97 Å². The SMILES string of the molecule is CCOC(=O)C1CC2(C1)NC(=O)CC[C@@H]2[N+](=O)[O-]. The van der Waals surface area contributed by atoms with Crippen molar-refractivity contribution in [2.24, 2.45) is 5.92 Å². The minimum atomic E-state index is -0.837. The van der Waals surface area contributed by atoms with Crippen LogP contribution in [-0.2, 0) is 14.3 Å². The van der Waals surface area contributed by atoms with Gasteiger partial charge in [0.05, 0.1) is 12.5 Å². The third-order valence-corrected chi connectivity index (χ3v) is 3.77. The zero-order valence-electron chi connectivity index (χ0n) is 10.2. The van der Waals surface area contributed by atoms with Crippen LogP contribution in [0.4, 0.5) is 0 Å². The summed E-state index contributed by atoms with van der Waals surface area (Å²) in [5.74, 6) is -0.828. The second-order valence-electron chi connectivity index (χ2n) is 4.90. The fourth-order valence-electron chi connectivity index (χ4n) is 2.90.